The summed E-state index contributed by atoms with van der Waals surface area (Å²) in [6.07, 6.45) is -0.505. The third kappa shape index (κ3) is 7.14. The third-order valence-corrected chi connectivity index (χ3v) is 10.0. The van der Waals surface area contributed by atoms with E-state index < -0.39 is 78.4 Å². The number of carbonyl (C=O) groups is 2. The Morgan fingerprint density at radius 1 is 1.07 bits per heavy atom. The Bertz CT molecular complexity index is 2100. The molecule has 0 radical (unpaired) electrons. The summed E-state index contributed by atoms with van der Waals surface area (Å²) in [5.41, 5.74) is 3.09. The average Bonchev–Trinajstić information content (AvgIpc) is 3.40. The molecule has 3 heterocycles. The molecule has 2 aromatic carbocycles. The molecule has 1 saturated carbocycles. The van der Waals surface area contributed by atoms with E-state index in [1.807, 2.05) is 0 Å². The van der Waals surface area contributed by atoms with Gasteiger partial charge in [0.05, 0.1) is 29.4 Å². The Morgan fingerprint density at radius 2 is 1.80 bits per heavy atom. The molecular formula is C35H34ClF7N8O3. The van der Waals surface area contributed by atoms with E-state index in [4.69, 9.17) is 22.1 Å². The van der Waals surface area contributed by atoms with Crippen LogP contribution in [0.4, 0.5) is 30.7 Å². The molecule has 1 aliphatic heterocycles. The van der Waals surface area contributed by atoms with Crippen LogP contribution in [0.15, 0.2) is 60.1 Å². The maximum Gasteiger partial charge on any atom is 0.333 e. The number of halogens is 8. The zero-order valence-electron chi connectivity index (χ0n) is 29.0. The number of rotatable bonds is 14. The Kier molecular flexibility index (Phi) is 10.3. The van der Waals surface area contributed by atoms with Gasteiger partial charge in [-0.05, 0) is 61.4 Å². The van der Waals surface area contributed by atoms with Crippen LogP contribution in [0.2, 0.25) is 5.02 Å². The number of ether oxygens (including phenoxy) is 1. The molecule has 2 aliphatic rings. The monoisotopic (exact) mass is 782 g/mol. The second kappa shape index (κ2) is 14.3. The molecule has 54 heavy (non-hydrogen) atoms. The number of aromatic nitrogens is 5. The lowest BCUT2D eigenvalue weighted by molar-refractivity contribution is -0.153. The van der Waals surface area contributed by atoms with Crippen molar-refractivity contribution >= 4 is 29.4 Å². The molecule has 2 N–H and O–H groups in total. The normalized spacial score (nSPS) is 18.9. The van der Waals surface area contributed by atoms with Crippen LogP contribution in [0.1, 0.15) is 82.4 Å². The van der Waals surface area contributed by atoms with Crippen LogP contribution in [0.25, 0.3) is 16.8 Å². The lowest BCUT2D eigenvalue weighted by Crippen LogP contribution is -2.47. The minimum Gasteiger partial charge on any atom is -0.463 e. The summed E-state index contributed by atoms with van der Waals surface area (Å²) < 4.78 is 106. The fourth-order valence-electron chi connectivity index (χ4n) is 6.76. The number of carbonyl (C=O) groups excluding carboxylic acids is 2. The molecular weight excluding hydrogens is 749 g/mol. The van der Waals surface area contributed by atoms with Crippen molar-refractivity contribution in [2.45, 2.75) is 76.9 Å². The highest BCUT2D eigenvalue weighted by Gasteiger charge is 2.60. The standard InChI is InChI=1S/C35H34ClF7N8O3/c1-18(2)12-35(22-6-4-19(10-24(22)37)21-14-46-49(15-21)31(40)41)30(53)50(32(44)48-35)26(16-54-27(52)13-34(8-9-34)33(3,42)43)20-5-7-23(36)25(11-20)51-29(28(38)39)45-17-47-51/h4-7,10-11,14-15,17-18,26,28,31H,8-9,12-13,16H2,1-3H3,(H2,44,48)/t26-,35-/m1/s1. The van der Waals surface area contributed by atoms with Crippen LogP contribution in [0.3, 0.4) is 0 Å². The first kappa shape index (κ1) is 38.7. The van der Waals surface area contributed by atoms with E-state index in [1.165, 1.54) is 30.3 Å². The van der Waals surface area contributed by atoms with Crippen molar-refractivity contribution in [1.29, 1.82) is 0 Å². The van der Waals surface area contributed by atoms with Gasteiger partial charge in [-0.1, -0.05) is 43.6 Å². The molecule has 0 spiro atoms. The van der Waals surface area contributed by atoms with Gasteiger partial charge < -0.3 is 10.5 Å². The van der Waals surface area contributed by atoms with Gasteiger partial charge in [-0.15, -0.1) is 0 Å². The molecule has 288 valence electrons. The number of hydrogen-bond donors (Lipinski definition) is 1. The molecule has 0 bridgehead atoms. The van der Waals surface area contributed by atoms with Crippen LogP contribution < -0.4 is 5.73 Å². The van der Waals surface area contributed by atoms with Gasteiger partial charge in [0.15, 0.2) is 17.3 Å². The second-order valence-electron chi connectivity index (χ2n) is 13.9. The molecule has 1 aliphatic carbocycles. The molecule has 11 nitrogen and oxygen atoms in total. The Hall–Kier alpha value is -5.00. The Morgan fingerprint density at radius 3 is 2.39 bits per heavy atom. The molecule has 0 saturated heterocycles. The quantitative estimate of drug-likeness (QED) is 0.102. The summed E-state index contributed by atoms with van der Waals surface area (Å²) in [6.45, 7) is 0.647. The molecule has 6 rings (SSSR count). The van der Waals surface area contributed by atoms with Crippen LogP contribution in [0, 0.1) is 17.2 Å². The first-order chi connectivity index (χ1) is 25.4. The summed E-state index contributed by atoms with van der Waals surface area (Å²) in [4.78, 5) is 36.9. The van der Waals surface area contributed by atoms with Crippen molar-refractivity contribution in [3.63, 3.8) is 0 Å². The van der Waals surface area contributed by atoms with Gasteiger partial charge in [-0.2, -0.15) is 19.0 Å². The fourth-order valence-corrected chi connectivity index (χ4v) is 6.96. The number of nitrogens with zero attached hydrogens (tertiary/aromatic N) is 7. The summed E-state index contributed by atoms with van der Waals surface area (Å²) >= 11 is 6.41. The SMILES string of the molecule is CC(C)C[C@]1(c2ccc(-c3cnn(C(F)F)c3)cc2F)N=C(N)N([C@H](COC(=O)CC2(C(C)(F)F)CC2)c2ccc(Cl)c(-n3ncnc3C(F)F)c2)C1=O. The van der Waals surface area contributed by atoms with Crippen LogP contribution in [-0.4, -0.2) is 59.8 Å². The van der Waals surface area contributed by atoms with E-state index >= 15 is 4.39 Å². The molecule has 2 aromatic heterocycles. The van der Waals surface area contributed by atoms with Gasteiger partial charge in [0, 0.05) is 22.7 Å². The molecule has 0 unspecified atom stereocenters. The van der Waals surface area contributed by atoms with E-state index in [2.05, 4.69) is 20.2 Å². The van der Waals surface area contributed by atoms with Crippen LogP contribution >= 0.6 is 11.6 Å². The van der Waals surface area contributed by atoms with Crippen molar-refractivity contribution in [1.82, 2.24) is 29.4 Å². The predicted molar refractivity (Wildman–Crippen MR) is 180 cm³/mol. The van der Waals surface area contributed by atoms with E-state index in [1.54, 1.807) is 13.8 Å². The molecule has 1 fully saturated rings. The minimum atomic E-state index is -3.17. The number of hydrogen-bond acceptors (Lipinski definition) is 8. The average molecular weight is 783 g/mol. The minimum absolute atomic E-state index is 0.0486. The van der Waals surface area contributed by atoms with Gasteiger partial charge in [0.2, 0.25) is 0 Å². The number of aliphatic imine (C=N–C) groups is 1. The zero-order chi connectivity index (χ0) is 39.3. The summed E-state index contributed by atoms with van der Waals surface area (Å²) in [5.74, 6) is -7.39. The number of guanidine groups is 1. The number of esters is 1. The summed E-state index contributed by atoms with van der Waals surface area (Å²) in [5, 5.41) is 7.39. The van der Waals surface area contributed by atoms with Crippen LogP contribution in [0.5, 0.6) is 0 Å². The second-order valence-corrected chi connectivity index (χ2v) is 14.3. The highest BCUT2D eigenvalue weighted by Crippen LogP contribution is 2.59. The first-order valence-corrected chi connectivity index (χ1v) is 17.1. The number of amides is 1. The molecule has 2 atom stereocenters. The first-order valence-electron chi connectivity index (χ1n) is 16.7. The predicted octanol–water partition coefficient (Wildman–Crippen LogP) is 7.76. The topological polar surface area (TPSA) is 134 Å². The number of alkyl halides is 6. The van der Waals surface area contributed by atoms with E-state index in [0.717, 1.165) is 41.3 Å². The largest absolute Gasteiger partial charge is 0.463 e. The van der Waals surface area contributed by atoms with E-state index in [0.29, 0.717) is 4.68 Å². The molecule has 4 aromatic rings. The Balaban J connectivity index is 1.41. The number of benzene rings is 2. The maximum atomic E-state index is 16.2. The van der Waals surface area contributed by atoms with Crippen molar-refractivity contribution in [3.05, 3.63) is 82.9 Å². The van der Waals surface area contributed by atoms with Crippen molar-refractivity contribution in [2.24, 2.45) is 22.1 Å². The van der Waals surface area contributed by atoms with Gasteiger partial charge in [0.25, 0.3) is 18.3 Å². The summed E-state index contributed by atoms with van der Waals surface area (Å²) in [7, 11) is 0. The van der Waals surface area contributed by atoms with Gasteiger partial charge in [0.1, 0.15) is 18.8 Å². The van der Waals surface area contributed by atoms with Gasteiger partial charge >= 0.3 is 12.5 Å². The van der Waals surface area contributed by atoms with E-state index in [-0.39, 0.29) is 58.1 Å². The maximum absolute atomic E-state index is 16.2. The Labute approximate surface area is 308 Å². The molecule has 19 heteroatoms. The van der Waals surface area contributed by atoms with Crippen molar-refractivity contribution in [2.75, 3.05) is 6.61 Å². The van der Waals surface area contributed by atoms with Gasteiger partial charge in [-0.25, -0.2) is 41.3 Å². The van der Waals surface area contributed by atoms with Gasteiger partial charge in [-0.3, -0.25) is 14.5 Å². The highest BCUT2D eigenvalue weighted by atomic mass is 35.5. The fraction of sp³-hybridized carbons (Fsp3) is 0.429. The van der Waals surface area contributed by atoms with Crippen LogP contribution in [-0.2, 0) is 19.9 Å². The smallest absolute Gasteiger partial charge is 0.333 e. The lowest BCUT2D eigenvalue weighted by Gasteiger charge is -2.32. The van der Waals surface area contributed by atoms with Crippen molar-refractivity contribution in [3.8, 4) is 16.8 Å². The van der Waals surface area contributed by atoms with Crippen molar-refractivity contribution < 1.29 is 45.1 Å². The number of nitrogens with two attached hydrogens (primary N) is 1. The third-order valence-electron chi connectivity index (χ3n) is 9.71. The van der Waals surface area contributed by atoms with E-state index in [9.17, 15) is 35.9 Å². The lowest BCUT2D eigenvalue weighted by atomic mass is 9.81. The summed E-state index contributed by atoms with van der Waals surface area (Å²) in [6, 6.07) is 6.40. The zero-order valence-corrected chi connectivity index (χ0v) is 29.8. The highest BCUT2D eigenvalue weighted by molar-refractivity contribution is 6.32. The molecule has 1 amide bonds.